The molecular weight excluding hydrogens is 536 g/mol. The minimum absolute atomic E-state index is 0.00891. The third kappa shape index (κ3) is 5.39. The molecule has 43 heavy (non-hydrogen) atoms. The fourth-order valence-corrected chi connectivity index (χ4v) is 7.28. The van der Waals surface area contributed by atoms with Crippen LogP contribution in [0.25, 0.3) is 11.6 Å². The van der Waals surface area contributed by atoms with Crippen molar-refractivity contribution in [2.75, 3.05) is 13.1 Å². The molecule has 4 aliphatic heterocycles. The first-order valence-corrected chi connectivity index (χ1v) is 16.1. The number of H-pyrrole nitrogens is 1. The SMILES string of the molecule is CC/C1=c2/[nH]/c(c(C)c2C(=O)NCCCN)=C\C2=NC(=C\C3=C(C(C)=O)C(C)C(/C=C4N=C1C(C)[C@@H]\4C)N3)/[C@H](C)[C@H]2CC. The van der Waals surface area contributed by atoms with Crippen LogP contribution in [0.5, 0.6) is 0 Å². The Balaban J connectivity index is 1.83. The highest BCUT2D eigenvalue weighted by Crippen LogP contribution is 2.39. The molecule has 230 valence electrons. The standard InChI is InChI=1S/C35H48N6O2/c1-9-23-19(5)26-16-30-31(22(8)42)20(6)27(39-30)14-25-17(3)18(4)33(40-25)24(10-2)34-32(35(43)37-13-11-12-36)21(7)28(41-34)15-29(23)38-26/h14-20,23,27,39,41H,9-13,36H2,1-8H3,(H,37,43)/b25-14-,26-16-,28-15-,34-24-/t17-,18?,19+,20?,23+,27?/m0/s1. The number of rotatable bonds is 7. The van der Waals surface area contributed by atoms with E-state index in [2.05, 4.69) is 75.4 Å². The molecule has 3 unspecified atom stereocenters. The van der Waals surface area contributed by atoms with Gasteiger partial charge in [0.25, 0.3) is 5.91 Å². The zero-order valence-corrected chi connectivity index (χ0v) is 27.0. The van der Waals surface area contributed by atoms with E-state index in [9.17, 15) is 9.59 Å². The molecule has 6 atom stereocenters. The van der Waals surface area contributed by atoms with Crippen LogP contribution in [0, 0.1) is 36.5 Å². The van der Waals surface area contributed by atoms with Crippen LogP contribution >= 0.6 is 0 Å². The predicted molar refractivity (Wildman–Crippen MR) is 175 cm³/mol. The third-order valence-corrected chi connectivity index (χ3v) is 10.1. The summed E-state index contributed by atoms with van der Waals surface area (Å²) < 4.78 is 0. The quantitative estimate of drug-likeness (QED) is 0.364. The molecule has 0 fully saturated rings. The van der Waals surface area contributed by atoms with E-state index in [1.165, 1.54) is 0 Å². The molecule has 8 bridgehead atoms. The van der Waals surface area contributed by atoms with E-state index in [0.717, 1.165) is 75.2 Å². The van der Waals surface area contributed by atoms with Gasteiger partial charge in [0.05, 0.1) is 17.0 Å². The van der Waals surface area contributed by atoms with Gasteiger partial charge in [-0.25, -0.2) is 0 Å². The van der Waals surface area contributed by atoms with Gasteiger partial charge >= 0.3 is 0 Å². The highest BCUT2D eigenvalue weighted by Gasteiger charge is 2.37. The molecule has 5 heterocycles. The van der Waals surface area contributed by atoms with Gasteiger partial charge in [0.1, 0.15) is 0 Å². The zero-order chi connectivity index (χ0) is 31.2. The van der Waals surface area contributed by atoms with Crippen LogP contribution in [0.3, 0.4) is 0 Å². The van der Waals surface area contributed by atoms with E-state index < -0.39 is 0 Å². The second-order valence-electron chi connectivity index (χ2n) is 12.7. The van der Waals surface area contributed by atoms with Crippen LogP contribution < -0.4 is 27.1 Å². The molecule has 4 aliphatic rings. The van der Waals surface area contributed by atoms with E-state index in [0.29, 0.717) is 18.7 Å². The lowest BCUT2D eigenvalue weighted by Gasteiger charge is -2.17. The number of Topliss-reactive ketones (excluding diaryl/α,β-unsaturated/α-hetero) is 1. The predicted octanol–water partition coefficient (Wildman–Crippen LogP) is 3.82. The maximum Gasteiger partial charge on any atom is 0.253 e. The number of nitrogens with one attached hydrogen (secondary N) is 3. The average molecular weight is 585 g/mol. The molecule has 0 saturated carbocycles. The van der Waals surface area contributed by atoms with E-state index in [4.69, 9.17) is 15.7 Å². The monoisotopic (exact) mass is 584 g/mol. The minimum atomic E-state index is -0.0934. The first-order valence-electron chi connectivity index (χ1n) is 16.1. The summed E-state index contributed by atoms with van der Waals surface area (Å²) in [6, 6.07) is -0.0478. The number of carbonyl (C=O) groups is 2. The number of ketones is 1. The summed E-state index contributed by atoms with van der Waals surface area (Å²) >= 11 is 0. The topological polar surface area (TPSA) is 125 Å². The fourth-order valence-electron chi connectivity index (χ4n) is 7.28. The minimum Gasteiger partial charge on any atom is -0.378 e. The highest BCUT2D eigenvalue weighted by molar-refractivity contribution is 6.21. The second-order valence-corrected chi connectivity index (χ2v) is 12.7. The van der Waals surface area contributed by atoms with Crippen molar-refractivity contribution in [2.24, 2.45) is 45.3 Å². The van der Waals surface area contributed by atoms with Crippen LogP contribution in [-0.4, -0.2) is 47.2 Å². The van der Waals surface area contributed by atoms with Crippen molar-refractivity contribution >= 4 is 34.8 Å². The number of aromatic nitrogens is 1. The van der Waals surface area contributed by atoms with E-state index in [-0.39, 0.29) is 47.3 Å². The van der Waals surface area contributed by atoms with Gasteiger partial charge in [0.2, 0.25) is 0 Å². The molecule has 0 radical (unpaired) electrons. The normalized spacial score (nSPS) is 32.6. The fraction of sp³-hybridized carbons (Fsp3) is 0.543. The molecule has 0 aromatic carbocycles. The molecule has 8 heteroatoms. The van der Waals surface area contributed by atoms with Gasteiger partial charge in [0.15, 0.2) is 5.78 Å². The molecule has 0 spiro atoms. The van der Waals surface area contributed by atoms with Gasteiger partial charge in [-0.2, -0.15) is 0 Å². The number of allylic oxidation sites excluding steroid dienone is 3. The van der Waals surface area contributed by atoms with Crippen molar-refractivity contribution in [2.45, 2.75) is 80.7 Å². The Morgan fingerprint density at radius 3 is 2.40 bits per heavy atom. The number of nitrogens with two attached hydrogens (primary N) is 1. The van der Waals surface area contributed by atoms with Gasteiger partial charge in [-0.3, -0.25) is 19.6 Å². The Morgan fingerprint density at radius 1 is 1.00 bits per heavy atom. The number of nitrogens with zero attached hydrogens (tertiary/aromatic N) is 2. The summed E-state index contributed by atoms with van der Waals surface area (Å²) in [7, 11) is 0. The van der Waals surface area contributed by atoms with Crippen LogP contribution in [-0.2, 0) is 4.79 Å². The first kappa shape index (κ1) is 30.9. The molecule has 5 N–H and O–H groups in total. The maximum atomic E-state index is 13.7. The molecule has 1 amide bonds. The van der Waals surface area contributed by atoms with Crippen molar-refractivity contribution in [3.05, 3.63) is 56.6 Å². The first-order chi connectivity index (χ1) is 20.5. The highest BCUT2D eigenvalue weighted by atomic mass is 16.1. The Bertz CT molecular complexity index is 1620. The number of amides is 1. The largest absolute Gasteiger partial charge is 0.378 e. The summed E-state index contributed by atoms with van der Waals surface area (Å²) in [4.78, 5) is 40.7. The van der Waals surface area contributed by atoms with Gasteiger partial charge in [-0.15, -0.1) is 0 Å². The van der Waals surface area contributed by atoms with Crippen LogP contribution in [0.2, 0.25) is 0 Å². The van der Waals surface area contributed by atoms with Crippen molar-refractivity contribution < 1.29 is 9.59 Å². The van der Waals surface area contributed by atoms with Crippen molar-refractivity contribution in [3.8, 4) is 0 Å². The lowest BCUT2D eigenvalue weighted by Crippen LogP contribution is -2.32. The molecule has 5 rings (SSSR count). The number of hydrogen-bond acceptors (Lipinski definition) is 6. The van der Waals surface area contributed by atoms with Gasteiger partial charge in [0, 0.05) is 75.6 Å². The van der Waals surface area contributed by atoms with E-state index >= 15 is 0 Å². The lowest BCUT2D eigenvalue weighted by molar-refractivity contribution is -0.114. The summed E-state index contributed by atoms with van der Waals surface area (Å²) in [5, 5.41) is 8.51. The Hall–Kier alpha value is -3.52. The molecule has 1 aromatic heterocycles. The smallest absolute Gasteiger partial charge is 0.253 e. The molecule has 0 aliphatic carbocycles. The Labute approximate surface area is 255 Å². The Kier molecular flexibility index (Phi) is 8.80. The average Bonchev–Trinajstić information content (AvgIpc) is 3.63. The number of aromatic amines is 1. The number of hydrogen-bond donors (Lipinski definition) is 4. The van der Waals surface area contributed by atoms with Crippen LogP contribution in [0.4, 0.5) is 0 Å². The van der Waals surface area contributed by atoms with Crippen molar-refractivity contribution in [1.29, 1.82) is 0 Å². The third-order valence-electron chi connectivity index (χ3n) is 10.1. The van der Waals surface area contributed by atoms with Gasteiger partial charge in [-0.1, -0.05) is 41.5 Å². The maximum absolute atomic E-state index is 13.7. The molecule has 8 nitrogen and oxygen atoms in total. The van der Waals surface area contributed by atoms with Gasteiger partial charge < -0.3 is 21.4 Å². The molecular formula is C35H48N6O2. The van der Waals surface area contributed by atoms with Gasteiger partial charge in [-0.05, 0) is 69.0 Å². The zero-order valence-electron chi connectivity index (χ0n) is 27.0. The molecule has 1 aromatic rings. The number of carbonyl (C=O) groups excluding carboxylic acids is 2. The number of aliphatic imine (C=N–C) groups is 2. The Morgan fingerprint density at radius 2 is 1.74 bits per heavy atom. The van der Waals surface area contributed by atoms with E-state index in [1.54, 1.807) is 6.92 Å². The van der Waals surface area contributed by atoms with Crippen LogP contribution in [0.15, 0.2) is 44.8 Å². The van der Waals surface area contributed by atoms with E-state index in [1.807, 2.05) is 6.92 Å². The van der Waals surface area contributed by atoms with Crippen LogP contribution in [0.1, 0.15) is 83.7 Å². The lowest BCUT2D eigenvalue weighted by atomic mass is 9.86. The number of fused-ring (bicyclic) bond motifs is 6. The van der Waals surface area contributed by atoms with Crippen molar-refractivity contribution in [3.63, 3.8) is 0 Å². The summed E-state index contributed by atoms with van der Waals surface area (Å²) in [6.07, 6.45) is 8.82. The summed E-state index contributed by atoms with van der Waals surface area (Å²) in [5.41, 5.74) is 14.1. The molecule has 0 saturated heterocycles. The summed E-state index contributed by atoms with van der Waals surface area (Å²) in [5.74, 6) is 0.786. The summed E-state index contributed by atoms with van der Waals surface area (Å²) in [6.45, 7) is 17.8. The van der Waals surface area contributed by atoms with Crippen molar-refractivity contribution in [1.82, 2.24) is 15.6 Å². The second kappa shape index (κ2) is 12.2.